The number of amides is 1. The van der Waals surface area contributed by atoms with Crippen LogP contribution in [0.5, 0.6) is 11.5 Å². The highest BCUT2D eigenvalue weighted by Gasteiger charge is 2.08. The minimum Gasteiger partial charge on any atom is -0.490 e. The van der Waals surface area contributed by atoms with Gasteiger partial charge in [-0.25, -0.2) is 0 Å². The highest BCUT2D eigenvalue weighted by atomic mass is 16.5. The zero-order valence-electron chi connectivity index (χ0n) is 11.1. The van der Waals surface area contributed by atoms with Gasteiger partial charge in [0, 0.05) is 13.6 Å². The average molecular weight is 252 g/mol. The number of carbonyl (C=O) groups is 1. The second kappa shape index (κ2) is 7.55. The van der Waals surface area contributed by atoms with Crippen molar-refractivity contribution in [2.24, 2.45) is 0 Å². The van der Waals surface area contributed by atoms with Gasteiger partial charge in [-0.2, -0.15) is 0 Å². The molecular weight excluding hydrogens is 232 g/mol. The van der Waals surface area contributed by atoms with Crippen molar-refractivity contribution in [3.63, 3.8) is 0 Å². The van der Waals surface area contributed by atoms with E-state index in [1.165, 1.54) is 0 Å². The Labute approximate surface area is 107 Å². The Balaban J connectivity index is 2.78. The quantitative estimate of drug-likeness (QED) is 0.758. The smallest absolute Gasteiger partial charge is 0.257 e. The lowest BCUT2D eigenvalue weighted by molar-refractivity contribution is -0.122. The van der Waals surface area contributed by atoms with Gasteiger partial charge in [-0.1, -0.05) is 6.07 Å². The summed E-state index contributed by atoms with van der Waals surface area (Å²) < 4.78 is 10.9. The first kappa shape index (κ1) is 14.3. The number of nitrogens with one attached hydrogen (secondary N) is 2. The number of ether oxygens (including phenoxy) is 2. The van der Waals surface area contributed by atoms with E-state index in [0.29, 0.717) is 18.1 Å². The van der Waals surface area contributed by atoms with Crippen LogP contribution < -0.4 is 20.1 Å². The Morgan fingerprint density at radius 3 is 2.61 bits per heavy atom. The molecule has 0 bridgehead atoms. The summed E-state index contributed by atoms with van der Waals surface area (Å²) in [6.45, 7) is 3.21. The Hall–Kier alpha value is -1.75. The van der Waals surface area contributed by atoms with Crippen LogP contribution >= 0.6 is 0 Å². The largest absolute Gasteiger partial charge is 0.490 e. The lowest BCUT2D eigenvalue weighted by Crippen LogP contribution is -2.25. The van der Waals surface area contributed by atoms with Crippen LogP contribution in [0.2, 0.25) is 0 Å². The molecule has 5 nitrogen and oxygen atoms in total. The van der Waals surface area contributed by atoms with Gasteiger partial charge in [-0.3, -0.25) is 4.79 Å². The van der Waals surface area contributed by atoms with Gasteiger partial charge in [0.15, 0.2) is 18.1 Å². The van der Waals surface area contributed by atoms with Crippen LogP contribution in [0.3, 0.4) is 0 Å². The summed E-state index contributed by atoms with van der Waals surface area (Å²) in [4.78, 5) is 11.1. The summed E-state index contributed by atoms with van der Waals surface area (Å²) in [5, 5.41) is 5.58. The van der Waals surface area contributed by atoms with Gasteiger partial charge < -0.3 is 20.1 Å². The molecule has 0 aliphatic rings. The van der Waals surface area contributed by atoms with E-state index >= 15 is 0 Å². The molecule has 0 fully saturated rings. The zero-order valence-corrected chi connectivity index (χ0v) is 11.1. The van der Waals surface area contributed by atoms with E-state index in [4.69, 9.17) is 9.47 Å². The molecule has 0 saturated heterocycles. The number of carbonyl (C=O) groups excluding carboxylic acids is 1. The molecule has 0 heterocycles. The summed E-state index contributed by atoms with van der Waals surface area (Å²) in [5.41, 5.74) is 1.10. The first-order valence-corrected chi connectivity index (χ1v) is 5.95. The van der Waals surface area contributed by atoms with Crippen LogP contribution in [-0.4, -0.2) is 33.2 Å². The van der Waals surface area contributed by atoms with Crippen LogP contribution in [0, 0.1) is 0 Å². The van der Waals surface area contributed by atoms with Crippen molar-refractivity contribution < 1.29 is 14.3 Å². The van der Waals surface area contributed by atoms with Crippen molar-refractivity contribution in [1.29, 1.82) is 0 Å². The average Bonchev–Trinajstić information content (AvgIpc) is 2.38. The first-order chi connectivity index (χ1) is 8.71. The molecule has 5 heteroatoms. The minimum atomic E-state index is -0.170. The molecule has 1 aromatic carbocycles. The van der Waals surface area contributed by atoms with Gasteiger partial charge in [0.2, 0.25) is 0 Å². The normalized spacial score (nSPS) is 9.94. The van der Waals surface area contributed by atoms with Crippen LogP contribution in [0.25, 0.3) is 0 Å². The SMILES string of the molecule is CCOc1cc(CNC)ccc1OCC(=O)NC. The van der Waals surface area contributed by atoms with Gasteiger partial charge >= 0.3 is 0 Å². The highest BCUT2D eigenvalue weighted by molar-refractivity contribution is 5.77. The lowest BCUT2D eigenvalue weighted by Gasteiger charge is -2.12. The second-order valence-electron chi connectivity index (χ2n) is 3.71. The fourth-order valence-corrected chi connectivity index (χ4v) is 1.47. The standard InChI is InChI=1S/C13H20N2O3/c1-4-17-12-7-10(8-14-2)5-6-11(12)18-9-13(16)15-3/h5-7,14H,4,8-9H2,1-3H3,(H,15,16). The topological polar surface area (TPSA) is 59.6 Å². The van der Waals surface area contributed by atoms with E-state index < -0.39 is 0 Å². The van der Waals surface area contributed by atoms with Crippen molar-refractivity contribution in [2.75, 3.05) is 27.3 Å². The fourth-order valence-electron chi connectivity index (χ4n) is 1.47. The number of hydrogen-bond acceptors (Lipinski definition) is 4. The van der Waals surface area contributed by atoms with Gasteiger partial charge in [0.05, 0.1) is 6.61 Å². The maximum absolute atomic E-state index is 11.1. The van der Waals surface area contributed by atoms with E-state index in [1.54, 1.807) is 7.05 Å². The van der Waals surface area contributed by atoms with Crippen molar-refractivity contribution >= 4 is 5.91 Å². The maximum atomic E-state index is 11.1. The lowest BCUT2D eigenvalue weighted by atomic mass is 10.2. The van der Waals surface area contributed by atoms with E-state index in [0.717, 1.165) is 12.1 Å². The molecule has 0 spiro atoms. The van der Waals surface area contributed by atoms with Crippen LogP contribution in [0.1, 0.15) is 12.5 Å². The van der Waals surface area contributed by atoms with E-state index in [1.807, 2.05) is 32.2 Å². The molecule has 18 heavy (non-hydrogen) atoms. The summed E-state index contributed by atoms with van der Waals surface area (Å²) in [5.74, 6) is 1.08. The monoisotopic (exact) mass is 252 g/mol. The molecule has 0 aliphatic heterocycles. The van der Waals surface area contributed by atoms with Gasteiger partial charge in [-0.05, 0) is 31.7 Å². The third-order valence-corrected chi connectivity index (χ3v) is 2.33. The van der Waals surface area contributed by atoms with Crippen molar-refractivity contribution in [3.05, 3.63) is 23.8 Å². The number of benzene rings is 1. The van der Waals surface area contributed by atoms with Gasteiger partial charge in [-0.15, -0.1) is 0 Å². The molecule has 1 rings (SSSR count). The van der Waals surface area contributed by atoms with Gasteiger partial charge in [0.1, 0.15) is 0 Å². The third kappa shape index (κ3) is 4.25. The Morgan fingerprint density at radius 2 is 2.00 bits per heavy atom. The van der Waals surface area contributed by atoms with E-state index in [2.05, 4.69) is 10.6 Å². The molecule has 100 valence electrons. The fraction of sp³-hybridized carbons (Fsp3) is 0.462. The van der Waals surface area contributed by atoms with Crippen molar-refractivity contribution in [2.45, 2.75) is 13.5 Å². The van der Waals surface area contributed by atoms with Crippen molar-refractivity contribution in [3.8, 4) is 11.5 Å². The molecule has 2 N–H and O–H groups in total. The Bertz CT molecular complexity index is 394. The second-order valence-corrected chi connectivity index (χ2v) is 3.71. The van der Waals surface area contributed by atoms with E-state index in [-0.39, 0.29) is 12.5 Å². The maximum Gasteiger partial charge on any atom is 0.257 e. The summed E-state index contributed by atoms with van der Waals surface area (Å²) in [6.07, 6.45) is 0. The number of rotatable bonds is 7. The third-order valence-electron chi connectivity index (χ3n) is 2.33. The first-order valence-electron chi connectivity index (χ1n) is 5.95. The predicted octanol–water partition coefficient (Wildman–Crippen LogP) is 0.929. The molecule has 0 atom stereocenters. The zero-order chi connectivity index (χ0) is 13.4. The molecular formula is C13H20N2O3. The number of likely N-dealkylation sites (N-methyl/N-ethyl adjacent to an activating group) is 1. The number of hydrogen-bond donors (Lipinski definition) is 2. The molecule has 0 saturated carbocycles. The minimum absolute atomic E-state index is 0.0120. The Kier molecular flexibility index (Phi) is 6.00. The summed E-state index contributed by atoms with van der Waals surface area (Å²) in [7, 11) is 3.46. The molecule has 0 radical (unpaired) electrons. The molecule has 1 amide bonds. The molecule has 0 unspecified atom stereocenters. The van der Waals surface area contributed by atoms with Crippen molar-refractivity contribution in [1.82, 2.24) is 10.6 Å². The van der Waals surface area contributed by atoms with E-state index in [9.17, 15) is 4.79 Å². The summed E-state index contributed by atoms with van der Waals surface area (Å²) in [6, 6.07) is 5.68. The molecule has 0 aliphatic carbocycles. The van der Waals surface area contributed by atoms with Gasteiger partial charge in [0.25, 0.3) is 5.91 Å². The van der Waals surface area contributed by atoms with Crippen LogP contribution in [-0.2, 0) is 11.3 Å². The Morgan fingerprint density at radius 1 is 1.22 bits per heavy atom. The predicted molar refractivity (Wildman–Crippen MR) is 69.9 cm³/mol. The summed E-state index contributed by atoms with van der Waals surface area (Å²) >= 11 is 0. The van der Waals surface area contributed by atoms with Crippen LogP contribution in [0.4, 0.5) is 0 Å². The highest BCUT2D eigenvalue weighted by Crippen LogP contribution is 2.28. The molecule has 0 aromatic heterocycles. The molecule has 1 aromatic rings. The van der Waals surface area contributed by atoms with Crippen LogP contribution in [0.15, 0.2) is 18.2 Å².